The number of aryl methyl sites for hydroxylation is 1. The van der Waals surface area contributed by atoms with Crippen molar-refractivity contribution in [3.63, 3.8) is 0 Å². The van der Waals surface area contributed by atoms with E-state index in [1.54, 1.807) is 0 Å². The number of hydrogen-bond acceptors (Lipinski definition) is 4. The highest BCUT2D eigenvalue weighted by atomic mass is 16.4. The first-order valence-electron chi connectivity index (χ1n) is 6.96. The number of fused-ring (bicyclic) bond motifs is 1. The number of nitrogens with one attached hydrogen (secondary N) is 1. The Bertz CT molecular complexity index is 682. The fraction of sp³-hybridized carbons (Fsp3) is 0.429. The van der Waals surface area contributed by atoms with Crippen LogP contribution in [0.3, 0.4) is 0 Å². The zero-order valence-corrected chi connectivity index (χ0v) is 11.4. The molecule has 1 fully saturated rings. The number of aliphatic carboxylic acids is 1. The molecule has 2 heterocycles. The van der Waals surface area contributed by atoms with Gasteiger partial charge in [-0.15, -0.1) is 10.2 Å². The Morgan fingerprint density at radius 3 is 2.95 bits per heavy atom. The molecule has 2 aromatic rings. The molecule has 0 spiro atoms. The van der Waals surface area contributed by atoms with Gasteiger partial charge in [0.05, 0.1) is 11.8 Å². The summed E-state index contributed by atoms with van der Waals surface area (Å²) < 4.78 is 1.92. The summed E-state index contributed by atoms with van der Waals surface area (Å²) in [6.07, 6.45) is 3.81. The highest BCUT2D eigenvalue weighted by molar-refractivity contribution is 5.89. The molecule has 7 nitrogen and oxygen atoms in total. The molecule has 1 aliphatic carbocycles. The topological polar surface area (TPSA) is 96.6 Å². The third-order valence-corrected chi connectivity index (χ3v) is 3.71. The quantitative estimate of drug-likeness (QED) is 0.754. The van der Waals surface area contributed by atoms with Crippen LogP contribution in [0.2, 0.25) is 0 Å². The molecule has 2 unspecified atom stereocenters. The maximum absolute atomic E-state index is 11.7. The average molecular weight is 288 g/mol. The number of amides is 1. The van der Waals surface area contributed by atoms with Crippen molar-refractivity contribution in [2.45, 2.75) is 19.3 Å². The van der Waals surface area contributed by atoms with Crippen LogP contribution in [0, 0.1) is 11.8 Å². The van der Waals surface area contributed by atoms with Crippen LogP contribution < -0.4 is 5.32 Å². The molecule has 1 aliphatic rings. The van der Waals surface area contributed by atoms with E-state index in [2.05, 4.69) is 15.5 Å². The molecule has 0 bridgehead atoms. The molecule has 0 aliphatic heterocycles. The van der Waals surface area contributed by atoms with Crippen LogP contribution in [-0.2, 0) is 16.0 Å². The normalized spacial score (nSPS) is 20.4. The van der Waals surface area contributed by atoms with Gasteiger partial charge in [0.25, 0.3) is 0 Å². The predicted octanol–water partition coefficient (Wildman–Crippen LogP) is 0.499. The van der Waals surface area contributed by atoms with Gasteiger partial charge in [0.15, 0.2) is 5.65 Å². The van der Waals surface area contributed by atoms with Crippen LogP contribution in [0.15, 0.2) is 24.4 Å². The van der Waals surface area contributed by atoms with Gasteiger partial charge in [-0.05, 0) is 25.0 Å². The standard InChI is InChI=1S/C14H16N4O3/c19-13(9-8-10(9)14(20)21)15-6-3-5-12-17-16-11-4-1-2-7-18(11)12/h1-2,4,7,9-10H,3,5-6,8H2,(H,15,19)(H,20,21). The van der Waals surface area contributed by atoms with Crippen molar-refractivity contribution in [1.29, 1.82) is 0 Å². The molecule has 0 radical (unpaired) electrons. The fourth-order valence-corrected chi connectivity index (χ4v) is 2.41. The van der Waals surface area contributed by atoms with Gasteiger partial charge in [-0.3, -0.25) is 14.0 Å². The van der Waals surface area contributed by atoms with Crippen LogP contribution in [-0.4, -0.2) is 38.1 Å². The molecule has 0 aromatic carbocycles. The Balaban J connectivity index is 1.45. The van der Waals surface area contributed by atoms with Crippen molar-refractivity contribution in [2.24, 2.45) is 11.8 Å². The van der Waals surface area contributed by atoms with Crippen molar-refractivity contribution in [3.05, 3.63) is 30.2 Å². The van der Waals surface area contributed by atoms with Gasteiger partial charge in [0.1, 0.15) is 5.82 Å². The number of rotatable bonds is 6. The first-order valence-corrected chi connectivity index (χ1v) is 6.96. The molecule has 0 saturated heterocycles. The van der Waals surface area contributed by atoms with Crippen molar-refractivity contribution in [2.75, 3.05) is 6.54 Å². The van der Waals surface area contributed by atoms with E-state index in [0.29, 0.717) is 19.4 Å². The summed E-state index contributed by atoms with van der Waals surface area (Å²) in [5, 5.41) is 19.7. The minimum Gasteiger partial charge on any atom is -0.481 e. The summed E-state index contributed by atoms with van der Waals surface area (Å²) in [5.41, 5.74) is 0.804. The van der Waals surface area contributed by atoms with Crippen LogP contribution in [0.4, 0.5) is 0 Å². The van der Waals surface area contributed by atoms with Crippen LogP contribution >= 0.6 is 0 Å². The van der Waals surface area contributed by atoms with Gasteiger partial charge in [0.2, 0.25) is 5.91 Å². The largest absolute Gasteiger partial charge is 0.481 e. The Kier molecular flexibility index (Phi) is 3.55. The monoisotopic (exact) mass is 288 g/mol. The lowest BCUT2D eigenvalue weighted by Gasteiger charge is -2.04. The van der Waals surface area contributed by atoms with E-state index in [1.165, 1.54) is 0 Å². The van der Waals surface area contributed by atoms with E-state index in [0.717, 1.165) is 17.9 Å². The number of carboxylic acids is 1. The third-order valence-electron chi connectivity index (χ3n) is 3.71. The van der Waals surface area contributed by atoms with Crippen LogP contribution in [0.5, 0.6) is 0 Å². The minimum atomic E-state index is -0.884. The molecule has 2 aromatic heterocycles. The summed E-state index contributed by atoms with van der Waals surface area (Å²) in [5.74, 6) is -1.03. The molecule has 1 saturated carbocycles. The Hall–Kier alpha value is -2.44. The van der Waals surface area contributed by atoms with Crippen LogP contribution in [0.1, 0.15) is 18.7 Å². The van der Waals surface area contributed by atoms with Gasteiger partial charge in [-0.1, -0.05) is 6.07 Å². The van der Waals surface area contributed by atoms with Crippen LogP contribution in [0.25, 0.3) is 5.65 Å². The third kappa shape index (κ3) is 2.86. The zero-order valence-electron chi connectivity index (χ0n) is 11.4. The number of nitrogens with zero attached hydrogens (tertiary/aromatic N) is 3. The molecule has 3 rings (SSSR count). The summed E-state index contributed by atoms with van der Waals surface area (Å²) >= 11 is 0. The Morgan fingerprint density at radius 2 is 2.19 bits per heavy atom. The second kappa shape index (κ2) is 5.51. The minimum absolute atomic E-state index is 0.159. The Morgan fingerprint density at radius 1 is 1.33 bits per heavy atom. The number of hydrogen-bond donors (Lipinski definition) is 2. The lowest BCUT2D eigenvalue weighted by molar-refractivity contribution is -0.140. The smallest absolute Gasteiger partial charge is 0.307 e. The summed E-state index contributed by atoms with van der Waals surface area (Å²) in [6.45, 7) is 0.517. The molecular formula is C14H16N4O3. The van der Waals surface area contributed by atoms with Crippen molar-refractivity contribution < 1.29 is 14.7 Å². The SMILES string of the molecule is O=C(O)C1CC1C(=O)NCCCc1nnc2ccccn12. The highest BCUT2D eigenvalue weighted by Crippen LogP contribution is 2.38. The van der Waals surface area contributed by atoms with E-state index >= 15 is 0 Å². The van der Waals surface area contributed by atoms with Gasteiger partial charge in [0, 0.05) is 19.2 Å². The molecule has 2 atom stereocenters. The number of carboxylic acid groups (broad SMARTS) is 1. The van der Waals surface area contributed by atoms with E-state index in [9.17, 15) is 9.59 Å². The highest BCUT2D eigenvalue weighted by Gasteiger charge is 2.48. The number of aromatic nitrogens is 3. The van der Waals surface area contributed by atoms with Gasteiger partial charge >= 0.3 is 5.97 Å². The lowest BCUT2D eigenvalue weighted by atomic mass is 10.2. The maximum Gasteiger partial charge on any atom is 0.307 e. The summed E-state index contributed by atoms with van der Waals surface area (Å²) in [7, 11) is 0. The van der Waals surface area contributed by atoms with Crippen molar-refractivity contribution >= 4 is 17.5 Å². The molecule has 110 valence electrons. The predicted molar refractivity (Wildman–Crippen MR) is 73.6 cm³/mol. The second-order valence-corrected chi connectivity index (χ2v) is 5.23. The lowest BCUT2D eigenvalue weighted by Crippen LogP contribution is -2.27. The first kappa shape index (κ1) is 13.5. The summed E-state index contributed by atoms with van der Waals surface area (Å²) in [4.78, 5) is 22.4. The first-order chi connectivity index (χ1) is 10.2. The molecule has 2 N–H and O–H groups in total. The molecule has 7 heteroatoms. The number of carbonyl (C=O) groups is 2. The van der Waals surface area contributed by atoms with Gasteiger partial charge in [-0.2, -0.15) is 0 Å². The van der Waals surface area contributed by atoms with Crippen molar-refractivity contribution in [3.8, 4) is 0 Å². The second-order valence-electron chi connectivity index (χ2n) is 5.23. The number of carbonyl (C=O) groups excluding carboxylic acids is 1. The zero-order chi connectivity index (χ0) is 14.8. The van der Waals surface area contributed by atoms with Gasteiger partial charge in [-0.25, -0.2) is 0 Å². The average Bonchev–Trinajstić information content (AvgIpc) is 3.19. The molecular weight excluding hydrogens is 272 g/mol. The van der Waals surface area contributed by atoms with Gasteiger partial charge < -0.3 is 10.4 Å². The van der Waals surface area contributed by atoms with E-state index in [1.807, 2.05) is 28.8 Å². The van der Waals surface area contributed by atoms with E-state index < -0.39 is 11.9 Å². The molecule has 1 amide bonds. The Labute approximate surface area is 121 Å². The van der Waals surface area contributed by atoms with E-state index in [4.69, 9.17) is 5.11 Å². The number of pyridine rings is 1. The summed E-state index contributed by atoms with van der Waals surface area (Å²) in [6, 6.07) is 5.71. The molecule has 21 heavy (non-hydrogen) atoms. The van der Waals surface area contributed by atoms with Crippen molar-refractivity contribution in [1.82, 2.24) is 19.9 Å². The fourth-order valence-electron chi connectivity index (χ4n) is 2.41. The maximum atomic E-state index is 11.7. The van der Waals surface area contributed by atoms with E-state index in [-0.39, 0.29) is 11.8 Å².